The van der Waals surface area contributed by atoms with Crippen molar-refractivity contribution in [2.45, 2.75) is 19.8 Å². The largest absolute Gasteiger partial charge is 0.372 e. The van der Waals surface area contributed by atoms with Crippen LogP contribution in [0.15, 0.2) is 24.3 Å². The van der Waals surface area contributed by atoms with E-state index in [1.165, 1.54) is 5.56 Å². The molecule has 2 aliphatic carbocycles. The lowest BCUT2D eigenvalue weighted by Crippen LogP contribution is -2.05. The van der Waals surface area contributed by atoms with Gasteiger partial charge in [0.05, 0.1) is 5.56 Å². The van der Waals surface area contributed by atoms with Crippen LogP contribution < -0.4 is 0 Å². The van der Waals surface area contributed by atoms with Crippen molar-refractivity contribution in [2.24, 2.45) is 17.3 Å². The highest BCUT2D eigenvalue weighted by Crippen LogP contribution is 2.87. The van der Waals surface area contributed by atoms with E-state index in [2.05, 4.69) is 18.7 Å². The molecule has 0 spiro atoms. The fourth-order valence-corrected chi connectivity index (χ4v) is 3.29. The fraction of sp³-hybridized carbons (Fsp3) is 0.462. The van der Waals surface area contributed by atoms with Gasteiger partial charge in [-0.15, -0.1) is 0 Å². The molecule has 0 aliphatic heterocycles. The Morgan fingerprint density at radius 1 is 1.50 bits per heavy atom. The predicted molar refractivity (Wildman–Crippen MR) is 58.0 cm³/mol. The third kappa shape index (κ3) is 1.04. The Morgan fingerprint density at radius 2 is 2.19 bits per heavy atom. The van der Waals surface area contributed by atoms with E-state index in [0.29, 0.717) is 16.9 Å². The lowest BCUT2D eigenvalue weighted by Gasteiger charge is -2.13. The molecule has 0 heterocycles. The summed E-state index contributed by atoms with van der Waals surface area (Å²) in [5.41, 5.74) is 2.07. The van der Waals surface area contributed by atoms with Crippen molar-refractivity contribution in [3.63, 3.8) is 0 Å². The number of benzene rings is 1. The SMILES string of the molecule is C[C@@H]1C2C(c3cccc(C(=O)OO)c3)C21C. The Kier molecular flexibility index (Phi) is 1.76. The molecule has 0 amide bonds. The summed E-state index contributed by atoms with van der Waals surface area (Å²) in [6.45, 7) is 4.57. The van der Waals surface area contributed by atoms with Crippen molar-refractivity contribution < 1.29 is 14.9 Å². The van der Waals surface area contributed by atoms with Gasteiger partial charge in [0, 0.05) is 0 Å². The average Bonchev–Trinajstić information content (AvgIpc) is 3.12. The number of fused-ring (bicyclic) bond motifs is 1. The van der Waals surface area contributed by atoms with E-state index in [-0.39, 0.29) is 0 Å². The summed E-state index contributed by atoms with van der Waals surface area (Å²) < 4.78 is 0. The van der Waals surface area contributed by atoms with Crippen LogP contribution in [0, 0.1) is 17.3 Å². The molecule has 1 N–H and O–H groups in total. The summed E-state index contributed by atoms with van der Waals surface area (Å²) in [4.78, 5) is 14.9. The zero-order chi connectivity index (χ0) is 11.5. The number of carbonyl (C=O) groups excluding carboxylic acids is 1. The van der Waals surface area contributed by atoms with Crippen LogP contribution in [0.4, 0.5) is 0 Å². The summed E-state index contributed by atoms with van der Waals surface area (Å²) in [5, 5.41) is 8.34. The van der Waals surface area contributed by atoms with Gasteiger partial charge in [-0.3, -0.25) is 4.89 Å². The molecule has 1 aromatic carbocycles. The smallest absolute Gasteiger partial charge is 0.296 e. The van der Waals surface area contributed by atoms with E-state index >= 15 is 0 Å². The third-order valence-corrected chi connectivity index (χ3v) is 4.61. The van der Waals surface area contributed by atoms with Gasteiger partial charge in [-0.05, 0) is 40.9 Å². The van der Waals surface area contributed by atoms with Gasteiger partial charge >= 0.3 is 5.97 Å². The Morgan fingerprint density at radius 3 is 2.75 bits per heavy atom. The first kappa shape index (κ1) is 9.85. The molecule has 3 nitrogen and oxygen atoms in total. The molecule has 4 atom stereocenters. The molecule has 0 bridgehead atoms. The molecule has 0 radical (unpaired) electrons. The zero-order valence-electron chi connectivity index (χ0n) is 9.31. The molecule has 3 heteroatoms. The topological polar surface area (TPSA) is 46.5 Å². The highest BCUT2D eigenvalue weighted by molar-refractivity contribution is 5.89. The standard InChI is InChI=1S/C13H14O3/c1-7-10-11(13(7,10)2)8-4-3-5-9(6-8)12(14)16-15/h3-7,10-11,15H,1-2H3/t7-,10?,11?,13?/m1/s1. The van der Waals surface area contributed by atoms with E-state index in [4.69, 9.17) is 5.26 Å². The van der Waals surface area contributed by atoms with E-state index in [0.717, 1.165) is 11.8 Å². The maximum absolute atomic E-state index is 11.2. The molecule has 3 rings (SSSR count). The Hall–Kier alpha value is -1.35. The van der Waals surface area contributed by atoms with E-state index < -0.39 is 5.97 Å². The van der Waals surface area contributed by atoms with Crippen molar-refractivity contribution in [3.8, 4) is 0 Å². The number of hydrogen-bond donors (Lipinski definition) is 1. The van der Waals surface area contributed by atoms with E-state index in [9.17, 15) is 4.79 Å². The first-order valence-electron chi connectivity index (χ1n) is 5.56. The first-order valence-corrected chi connectivity index (χ1v) is 5.56. The molecular formula is C13H14O3. The third-order valence-electron chi connectivity index (χ3n) is 4.61. The fourth-order valence-electron chi connectivity index (χ4n) is 3.29. The number of rotatable bonds is 2. The van der Waals surface area contributed by atoms with Crippen LogP contribution in [0.1, 0.15) is 35.7 Å². The summed E-state index contributed by atoms with van der Waals surface area (Å²) in [7, 11) is 0. The lowest BCUT2D eigenvalue weighted by atomic mass is 9.91. The molecule has 2 fully saturated rings. The van der Waals surface area contributed by atoms with Gasteiger partial charge in [-0.1, -0.05) is 26.0 Å². The molecule has 16 heavy (non-hydrogen) atoms. The van der Waals surface area contributed by atoms with Crippen LogP contribution >= 0.6 is 0 Å². The predicted octanol–water partition coefficient (Wildman–Crippen LogP) is 2.69. The Labute approximate surface area is 94.0 Å². The van der Waals surface area contributed by atoms with Crippen LogP contribution in [0.5, 0.6) is 0 Å². The van der Waals surface area contributed by atoms with Crippen LogP contribution in [0.2, 0.25) is 0 Å². The zero-order valence-corrected chi connectivity index (χ0v) is 9.31. The molecular weight excluding hydrogens is 204 g/mol. The van der Waals surface area contributed by atoms with Gasteiger partial charge in [0.2, 0.25) is 0 Å². The Balaban J connectivity index is 1.85. The van der Waals surface area contributed by atoms with Crippen LogP contribution in [0.3, 0.4) is 0 Å². The van der Waals surface area contributed by atoms with Crippen molar-refractivity contribution in [2.75, 3.05) is 0 Å². The monoisotopic (exact) mass is 218 g/mol. The van der Waals surface area contributed by atoms with E-state index in [1.54, 1.807) is 6.07 Å². The van der Waals surface area contributed by atoms with Crippen molar-refractivity contribution in [1.82, 2.24) is 0 Å². The van der Waals surface area contributed by atoms with Gasteiger partial charge in [-0.2, -0.15) is 5.26 Å². The maximum Gasteiger partial charge on any atom is 0.372 e. The molecule has 0 saturated heterocycles. The highest BCUT2D eigenvalue weighted by Gasteiger charge is 2.81. The minimum absolute atomic E-state index is 0.419. The van der Waals surface area contributed by atoms with Crippen molar-refractivity contribution in [3.05, 3.63) is 35.4 Å². The minimum atomic E-state index is -0.686. The van der Waals surface area contributed by atoms with Gasteiger partial charge in [-0.25, -0.2) is 4.79 Å². The number of carbonyl (C=O) groups is 1. The second-order valence-electron chi connectivity index (χ2n) is 5.16. The van der Waals surface area contributed by atoms with Crippen LogP contribution in [-0.4, -0.2) is 11.2 Å². The summed E-state index contributed by atoms with van der Waals surface area (Å²) in [5.74, 6) is 1.50. The second-order valence-corrected chi connectivity index (χ2v) is 5.16. The van der Waals surface area contributed by atoms with E-state index in [1.807, 2.05) is 18.2 Å². The lowest BCUT2D eigenvalue weighted by molar-refractivity contribution is -0.182. The second kappa shape index (κ2) is 2.86. The first-order chi connectivity index (χ1) is 7.60. The Bertz CT molecular complexity index is 468. The maximum atomic E-state index is 11.2. The van der Waals surface area contributed by atoms with Crippen molar-refractivity contribution >= 4 is 5.97 Å². The molecule has 2 saturated carbocycles. The summed E-state index contributed by atoms with van der Waals surface area (Å²) in [6.07, 6.45) is 0. The summed E-state index contributed by atoms with van der Waals surface area (Å²) >= 11 is 0. The van der Waals surface area contributed by atoms with Crippen LogP contribution in [-0.2, 0) is 4.89 Å². The molecule has 2 aliphatic rings. The van der Waals surface area contributed by atoms with Crippen LogP contribution in [0.25, 0.3) is 0 Å². The van der Waals surface area contributed by atoms with Gasteiger partial charge < -0.3 is 0 Å². The van der Waals surface area contributed by atoms with Gasteiger partial charge in [0.25, 0.3) is 0 Å². The number of hydrogen-bond acceptors (Lipinski definition) is 3. The molecule has 84 valence electrons. The summed E-state index contributed by atoms with van der Waals surface area (Å²) in [6, 6.07) is 7.37. The normalized spacial score (nSPS) is 38.8. The quantitative estimate of drug-likeness (QED) is 0.613. The molecule has 0 aromatic heterocycles. The van der Waals surface area contributed by atoms with Crippen molar-refractivity contribution in [1.29, 1.82) is 0 Å². The van der Waals surface area contributed by atoms with Gasteiger partial charge in [0.15, 0.2) is 0 Å². The highest BCUT2D eigenvalue weighted by atomic mass is 17.1. The molecule has 1 aromatic rings. The average molecular weight is 218 g/mol. The molecule has 3 unspecified atom stereocenters. The minimum Gasteiger partial charge on any atom is -0.296 e. The van der Waals surface area contributed by atoms with Gasteiger partial charge in [0.1, 0.15) is 0 Å².